The minimum absolute atomic E-state index is 0.0580. The summed E-state index contributed by atoms with van der Waals surface area (Å²) in [6, 6.07) is 11.1. The Kier molecular flexibility index (Phi) is 4.90. The van der Waals surface area contributed by atoms with Crippen molar-refractivity contribution in [2.75, 3.05) is 5.75 Å². The number of furan rings is 1. The van der Waals surface area contributed by atoms with E-state index in [1.807, 2.05) is 62.1 Å². The molecule has 0 radical (unpaired) electrons. The lowest BCUT2D eigenvalue weighted by molar-refractivity contribution is -0.128. The first kappa shape index (κ1) is 17.6. The van der Waals surface area contributed by atoms with E-state index in [0.717, 1.165) is 11.3 Å². The minimum Gasteiger partial charge on any atom is -0.467 e. The van der Waals surface area contributed by atoms with Crippen LogP contribution in [0.1, 0.15) is 47.8 Å². The highest BCUT2D eigenvalue weighted by molar-refractivity contribution is 8.00. The highest BCUT2D eigenvalue weighted by Crippen LogP contribution is 2.39. The molecule has 5 nitrogen and oxygen atoms in total. The number of carbonyl (C=O) groups excluding carboxylic acids is 2. The van der Waals surface area contributed by atoms with Crippen LogP contribution in [0.2, 0.25) is 0 Å². The Morgan fingerprint density at radius 2 is 2.00 bits per heavy atom. The number of nitrogens with one attached hydrogen (secondary N) is 1. The molecule has 25 heavy (non-hydrogen) atoms. The van der Waals surface area contributed by atoms with Crippen molar-refractivity contribution < 1.29 is 14.0 Å². The second kappa shape index (κ2) is 6.96. The van der Waals surface area contributed by atoms with Crippen LogP contribution < -0.4 is 5.32 Å². The zero-order valence-electron chi connectivity index (χ0n) is 14.6. The molecule has 1 aliphatic heterocycles. The molecule has 3 rings (SSSR count). The third kappa shape index (κ3) is 4.25. The molecule has 1 aromatic carbocycles. The van der Waals surface area contributed by atoms with Gasteiger partial charge in [0.1, 0.15) is 11.1 Å². The van der Waals surface area contributed by atoms with Crippen LogP contribution in [0.4, 0.5) is 0 Å². The topological polar surface area (TPSA) is 62.6 Å². The van der Waals surface area contributed by atoms with E-state index in [9.17, 15) is 9.59 Å². The number of amides is 2. The number of benzene rings is 1. The quantitative estimate of drug-likeness (QED) is 0.907. The van der Waals surface area contributed by atoms with Gasteiger partial charge in [0.25, 0.3) is 5.91 Å². The lowest BCUT2D eigenvalue weighted by Crippen LogP contribution is -2.40. The Morgan fingerprint density at radius 1 is 1.28 bits per heavy atom. The Labute approximate surface area is 151 Å². The predicted molar refractivity (Wildman–Crippen MR) is 98.1 cm³/mol. The largest absolute Gasteiger partial charge is 0.467 e. The van der Waals surface area contributed by atoms with Crippen molar-refractivity contribution in [3.63, 3.8) is 0 Å². The molecule has 1 aromatic heterocycles. The summed E-state index contributed by atoms with van der Waals surface area (Å²) in [6.45, 7) is 6.31. The third-order valence-electron chi connectivity index (χ3n) is 3.82. The van der Waals surface area contributed by atoms with Gasteiger partial charge in [-0.3, -0.25) is 9.59 Å². The summed E-state index contributed by atoms with van der Waals surface area (Å²) >= 11 is 1.59. The van der Waals surface area contributed by atoms with Crippen molar-refractivity contribution in [2.24, 2.45) is 0 Å². The van der Waals surface area contributed by atoms with Gasteiger partial charge >= 0.3 is 0 Å². The number of hydrogen-bond donors (Lipinski definition) is 1. The Hall–Kier alpha value is -2.21. The summed E-state index contributed by atoms with van der Waals surface area (Å²) in [5.74, 6) is 1.22. The molecule has 2 amide bonds. The molecule has 0 aliphatic carbocycles. The second-order valence-corrected chi connectivity index (χ2v) is 8.16. The van der Waals surface area contributed by atoms with E-state index in [2.05, 4.69) is 5.32 Å². The molecule has 2 heterocycles. The molecule has 6 heteroatoms. The molecule has 1 fully saturated rings. The normalized spacial score (nSPS) is 17.8. The number of hydrogen-bond acceptors (Lipinski definition) is 4. The zero-order chi connectivity index (χ0) is 18.0. The van der Waals surface area contributed by atoms with Crippen molar-refractivity contribution in [1.29, 1.82) is 0 Å². The standard InChI is InChI=1S/C19H22N2O3S/c1-19(2,3)20-17(23)13-6-8-14(9-7-13)18-21(16(22)12-25-18)11-15-5-4-10-24-15/h4-10,18H,11-12H2,1-3H3,(H,20,23)/t18-/m0/s1. The van der Waals surface area contributed by atoms with Gasteiger partial charge in [-0.1, -0.05) is 12.1 Å². The van der Waals surface area contributed by atoms with Gasteiger partial charge in [-0.05, 0) is 50.6 Å². The lowest BCUT2D eigenvalue weighted by atomic mass is 10.1. The summed E-state index contributed by atoms with van der Waals surface area (Å²) < 4.78 is 5.37. The van der Waals surface area contributed by atoms with E-state index in [4.69, 9.17) is 4.42 Å². The van der Waals surface area contributed by atoms with Crippen molar-refractivity contribution in [3.8, 4) is 0 Å². The third-order valence-corrected chi connectivity index (χ3v) is 5.08. The van der Waals surface area contributed by atoms with E-state index >= 15 is 0 Å². The van der Waals surface area contributed by atoms with Crippen LogP contribution in [-0.2, 0) is 11.3 Å². The molecule has 0 spiro atoms. The first-order chi connectivity index (χ1) is 11.8. The summed E-state index contributed by atoms with van der Waals surface area (Å²) in [4.78, 5) is 26.3. The van der Waals surface area contributed by atoms with Gasteiger partial charge < -0.3 is 14.6 Å². The van der Waals surface area contributed by atoms with E-state index < -0.39 is 0 Å². The minimum atomic E-state index is -0.274. The molecule has 1 N–H and O–H groups in total. The number of thioether (sulfide) groups is 1. The average Bonchev–Trinajstić information content (AvgIpc) is 3.17. The van der Waals surface area contributed by atoms with Crippen LogP contribution in [-0.4, -0.2) is 28.0 Å². The molecule has 132 valence electrons. The van der Waals surface area contributed by atoms with Crippen LogP contribution in [0.15, 0.2) is 47.1 Å². The molecular weight excluding hydrogens is 336 g/mol. The Bertz CT molecular complexity index is 748. The highest BCUT2D eigenvalue weighted by atomic mass is 32.2. The average molecular weight is 358 g/mol. The maximum Gasteiger partial charge on any atom is 0.251 e. The first-order valence-electron chi connectivity index (χ1n) is 8.19. The predicted octanol–water partition coefficient (Wildman–Crippen LogP) is 3.58. The summed E-state index contributed by atoms with van der Waals surface area (Å²) in [7, 11) is 0. The van der Waals surface area contributed by atoms with Crippen LogP contribution in [0, 0.1) is 0 Å². The fourth-order valence-electron chi connectivity index (χ4n) is 2.68. The van der Waals surface area contributed by atoms with Gasteiger partial charge in [-0.25, -0.2) is 0 Å². The van der Waals surface area contributed by atoms with E-state index in [0.29, 0.717) is 17.9 Å². The van der Waals surface area contributed by atoms with Crippen LogP contribution in [0.3, 0.4) is 0 Å². The smallest absolute Gasteiger partial charge is 0.251 e. The van der Waals surface area contributed by atoms with Crippen LogP contribution in [0.5, 0.6) is 0 Å². The summed E-state index contributed by atoms with van der Waals surface area (Å²) in [6.07, 6.45) is 1.61. The molecule has 1 atom stereocenters. The molecule has 2 aromatic rings. The molecule has 1 saturated heterocycles. The second-order valence-electron chi connectivity index (χ2n) is 7.09. The van der Waals surface area contributed by atoms with Crippen molar-refractivity contribution in [2.45, 2.75) is 38.2 Å². The number of nitrogens with zero attached hydrogens (tertiary/aromatic N) is 1. The molecule has 1 aliphatic rings. The Morgan fingerprint density at radius 3 is 2.60 bits per heavy atom. The number of carbonyl (C=O) groups is 2. The van der Waals surface area contributed by atoms with Gasteiger partial charge in [-0.15, -0.1) is 11.8 Å². The van der Waals surface area contributed by atoms with Gasteiger partial charge in [0.2, 0.25) is 5.91 Å². The van der Waals surface area contributed by atoms with Crippen molar-refractivity contribution >= 4 is 23.6 Å². The molecular formula is C19H22N2O3S. The first-order valence-corrected chi connectivity index (χ1v) is 9.24. The lowest BCUT2D eigenvalue weighted by Gasteiger charge is -2.24. The van der Waals surface area contributed by atoms with E-state index in [-0.39, 0.29) is 22.7 Å². The zero-order valence-corrected chi connectivity index (χ0v) is 15.4. The fourth-order valence-corrected chi connectivity index (χ4v) is 3.87. The summed E-state index contributed by atoms with van der Waals surface area (Å²) in [5.41, 5.74) is 1.35. The van der Waals surface area contributed by atoms with Crippen LogP contribution in [0.25, 0.3) is 0 Å². The maximum absolute atomic E-state index is 12.2. The molecule has 0 saturated carbocycles. The monoisotopic (exact) mass is 358 g/mol. The van der Waals surface area contributed by atoms with Gasteiger partial charge in [0.15, 0.2) is 0 Å². The van der Waals surface area contributed by atoms with Gasteiger partial charge in [-0.2, -0.15) is 0 Å². The maximum atomic E-state index is 12.2. The van der Waals surface area contributed by atoms with Crippen LogP contribution >= 0.6 is 11.8 Å². The van der Waals surface area contributed by atoms with Crippen molar-refractivity contribution in [3.05, 3.63) is 59.5 Å². The SMILES string of the molecule is CC(C)(C)NC(=O)c1ccc([C@@H]2SCC(=O)N2Cc2ccco2)cc1. The van der Waals surface area contributed by atoms with E-state index in [1.54, 1.807) is 18.0 Å². The Balaban J connectivity index is 1.74. The molecule has 0 unspecified atom stereocenters. The summed E-state index contributed by atoms with van der Waals surface area (Å²) in [5, 5.41) is 2.89. The highest BCUT2D eigenvalue weighted by Gasteiger charge is 2.33. The number of rotatable bonds is 4. The van der Waals surface area contributed by atoms with E-state index in [1.165, 1.54) is 0 Å². The van der Waals surface area contributed by atoms with Crippen molar-refractivity contribution in [1.82, 2.24) is 10.2 Å². The molecule has 0 bridgehead atoms. The van der Waals surface area contributed by atoms with Gasteiger partial charge in [0.05, 0.1) is 18.6 Å². The van der Waals surface area contributed by atoms with Gasteiger partial charge in [0, 0.05) is 11.1 Å². The fraction of sp³-hybridized carbons (Fsp3) is 0.368.